The highest BCUT2D eigenvalue weighted by Gasteiger charge is 2.24. The maximum Gasteiger partial charge on any atom is 0.229 e. The van der Waals surface area contributed by atoms with Crippen LogP contribution in [0.4, 0.5) is 5.69 Å². The fourth-order valence-electron chi connectivity index (χ4n) is 2.00. The predicted octanol–water partition coefficient (Wildman–Crippen LogP) is 1.55. The van der Waals surface area contributed by atoms with Crippen molar-refractivity contribution in [3.63, 3.8) is 0 Å². The van der Waals surface area contributed by atoms with Gasteiger partial charge >= 0.3 is 0 Å². The Labute approximate surface area is 112 Å². The smallest absolute Gasteiger partial charge is 0.229 e. The van der Waals surface area contributed by atoms with Gasteiger partial charge in [-0.3, -0.25) is 9.59 Å². The Morgan fingerprint density at radius 2 is 2.16 bits per heavy atom. The van der Waals surface area contributed by atoms with Crippen molar-refractivity contribution in [1.82, 2.24) is 5.32 Å². The van der Waals surface area contributed by atoms with Crippen LogP contribution in [0.2, 0.25) is 0 Å². The molecule has 0 radical (unpaired) electrons. The molecule has 2 rings (SSSR count). The number of amides is 2. The number of hydrogen-bond acceptors (Lipinski definition) is 3. The van der Waals surface area contributed by atoms with E-state index >= 15 is 0 Å². The Hall–Kier alpha value is -2.04. The molecular formula is C14H18N2O3. The fourth-order valence-corrected chi connectivity index (χ4v) is 2.00. The molecule has 0 aliphatic carbocycles. The first-order valence-electron chi connectivity index (χ1n) is 6.49. The zero-order chi connectivity index (χ0) is 13.7. The second-order valence-corrected chi connectivity index (χ2v) is 4.49. The van der Waals surface area contributed by atoms with E-state index in [1.54, 1.807) is 0 Å². The summed E-state index contributed by atoms with van der Waals surface area (Å²) < 4.78 is 5.33. The molecule has 1 atom stereocenters. The highest BCUT2D eigenvalue weighted by atomic mass is 16.5. The van der Waals surface area contributed by atoms with Gasteiger partial charge in [0.1, 0.15) is 5.75 Å². The maximum atomic E-state index is 12.0. The molecule has 1 aromatic carbocycles. The lowest BCUT2D eigenvalue weighted by Crippen LogP contribution is -2.40. The highest BCUT2D eigenvalue weighted by Crippen LogP contribution is 2.18. The Kier molecular flexibility index (Phi) is 4.39. The Morgan fingerprint density at radius 3 is 2.74 bits per heavy atom. The molecule has 1 unspecified atom stereocenters. The number of nitrogens with one attached hydrogen (secondary N) is 2. The monoisotopic (exact) mass is 262 g/mol. The maximum absolute atomic E-state index is 12.0. The van der Waals surface area contributed by atoms with Gasteiger partial charge in [-0.1, -0.05) is 0 Å². The largest absolute Gasteiger partial charge is 0.494 e. The average molecular weight is 262 g/mol. The molecule has 0 bridgehead atoms. The van der Waals surface area contributed by atoms with Crippen molar-refractivity contribution in [3.05, 3.63) is 24.3 Å². The van der Waals surface area contributed by atoms with Crippen molar-refractivity contribution in [2.75, 3.05) is 18.5 Å². The standard InChI is InChI=1S/C14H18N2O3/c1-2-19-12-6-4-11(5-7-12)16-14(18)10-3-8-13(17)15-9-10/h4-7,10H,2-3,8-9H2,1H3,(H,15,17)(H,16,18). The van der Waals surface area contributed by atoms with Gasteiger partial charge in [0.15, 0.2) is 0 Å². The first kappa shape index (κ1) is 13.4. The van der Waals surface area contributed by atoms with Crippen molar-refractivity contribution in [2.45, 2.75) is 19.8 Å². The number of rotatable bonds is 4. The molecule has 0 saturated carbocycles. The van der Waals surface area contributed by atoms with Gasteiger partial charge < -0.3 is 15.4 Å². The number of hydrogen-bond donors (Lipinski definition) is 2. The summed E-state index contributed by atoms with van der Waals surface area (Å²) in [6, 6.07) is 7.26. The van der Waals surface area contributed by atoms with E-state index in [4.69, 9.17) is 4.74 Å². The molecule has 102 valence electrons. The SMILES string of the molecule is CCOc1ccc(NC(=O)C2CCC(=O)NC2)cc1. The molecule has 1 saturated heterocycles. The Bertz CT molecular complexity index is 446. The molecule has 2 amide bonds. The van der Waals surface area contributed by atoms with E-state index in [9.17, 15) is 9.59 Å². The summed E-state index contributed by atoms with van der Waals surface area (Å²) in [4.78, 5) is 23.0. The lowest BCUT2D eigenvalue weighted by molar-refractivity contribution is -0.126. The number of carbonyl (C=O) groups excluding carboxylic acids is 2. The summed E-state index contributed by atoms with van der Waals surface area (Å²) in [6.45, 7) is 2.96. The number of ether oxygens (including phenoxy) is 1. The minimum absolute atomic E-state index is 0.0186. The van der Waals surface area contributed by atoms with Crippen LogP contribution >= 0.6 is 0 Å². The minimum atomic E-state index is -0.149. The third-order valence-electron chi connectivity index (χ3n) is 3.07. The van der Waals surface area contributed by atoms with Crippen molar-refractivity contribution < 1.29 is 14.3 Å². The zero-order valence-corrected chi connectivity index (χ0v) is 10.9. The quantitative estimate of drug-likeness (QED) is 0.865. The van der Waals surface area contributed by atoms with E-state index in [1.165, 1.54) is 0 Å². The molecule has 1 fully saturated rings. The van der Waals surface area contributed by atoms with Crippen molar-refractivity contribution >= 4 is 17.5 Å². The van der Waals surface area contributed by atoms with Crippen LogP contribution in [0.1, 0.15) is 19.8 Å². The van der Waals surface area contributed by atoms with Crippen LogP contribution < -0.4 is 15.4 Å². The number of piperidine rings is 1. The number of benzene rings is 1. The van der Waals surface area contributed by atoms with Crippen molar-refractivity contribution in [3.8, 4) is 5.75 Å². The third-order valence-corrected chi connectivity index (χ3v) is 3.07. The summed E-state index contributed by atoms with van der Waals surface area (Å²) in [5.74, 6) is 0.601. The topological polar surface area (TPSA) is 67.4 Å². The summed E-state index contributed by atoms with van der Waals surface area (Å²) in [5.41, 5.74) is 0.741. The molecule has 5 nitrogen and oxygen atoms in total. The van der Waals surface area contributed by atoms with Crippen LogP contribution in [0.3, 0.4) is 0 Å². The third kappa shape index (κ3) is 3.71. The van der Waals surface area contributed by atoms with Gasteiger partial charge in [0.2, 0.25) is 11.8 Å². The van der Waals surface area contributed by atoms with Crippen LogP contribution in [-0.2, 0) is 9.59 Å². The molecule has 5 heteroatoms. The molecule has 0 spiro atoms. The first-order chi connectivity index (χ1) is 9.19. The van der Waals surface area contributed by atoms with Gasteiger partial charge in [-0.05, 0) is 37.6 Å². The lowest BCUT2D eigenvalue weighted by Gasteiger charge is -2.21. The van der Waals surface area contributed by atoms with Crippen LogP contribution in [0.5, 0.6) is 5.75 Å². The minimum Gasteiger partial charge on any atom is -0.494 e. The first-order valence-corrected chi connectivity index (χ1v) is 6.49. The molecule has 19 heavy (non-hydrogen) atoms. The fraction of sp³-hybridized carbons (Fsp3) is 0.429. The van der Waals surface area contributed by atoms with E-state index in [0.717, 1.165) is 11.4 Å². The van der Waals surface area contributed by atoms with E-state index in [2.05, 4.69) is 10.6 Å². The summed E-state index contributed by atoms with van der Waals surface area (Å²) in [5, 5.41) is 5.55. The molecule has 1 aliphatic heterocycles. The van der Waals surface area contributed by atoms with Gasteiger partial charge in [0, 0.05) is 18.7 Å². The second-order valence-electron chi connectivity index (χ2n) is 4.49. The average Bonchev–Trinajstić information content (AvgIpc) is 2.42. The van der Waals surface area contributed by atoms with Crippen LogP contribution in [0.15, 0.2) is 24.3 Å². The predicted molar refractivity (Wildman–Crippen MR) is 72.0 cm³/mol. The van der Waals surface area contributed by atoms with E-state index in [1.807, 2.05) is 31.2 Å². The van der Waals surface area contributed by atoms with Crippen LogP contribution in [0, 0.1) is 5.92 Å². The van der Waals surface area contributed by atoms with E-state index in [0.29, 0.717) is 26.0 Å². The van der Waals surface area contributed by atoms with Gasteiger partial charge in [0.25, 0.3) is 0 Å². The molecule has 2 N–H and O–H groups in total. The summed E-state index contributed by atoms with van der Waals surface area (Å²) in [6.07, 6.45) is 1.02. The Balaban J connectivity index is 1.89. The molecular weight excluding hydrogens is 244 g/mol. The van der Waals surface area contributed by atoms with E-state index in [-0.39, 0.29) is 17.7 Å². The zero-order valence-electron chi connectivity index (χ0n) is 10.9. The molecule has 1 heterocycles. The van der Waals surface area contributed by atoms with Gasteiger partial charge in [0.05, 0.1) is 12.5 Å². The van der Waals surface area contributed by atoms with Crippen molar-refractivity contribution in [2.24, 2.45) is 5.92 Å². The second kappa shape index (κ2) is 6.22. The highest BCUT2D eigenvalue weighted by molar-refractivity contribution is 5.94. The summed E-state index contributed by atoms with van der Waals surface area (Å²) >= 11 is 0. The molecule has 1 aromatic rings. The van der Waals surface area contributed by atoms with Crippen LogP contribution in [-0.4, -0.2) is 25.0 Å². The number of anilines is 1. The van der Waals surface area contributed by atoms with Gasteiger partial charge in [-0.15, -0.1) is 0 Å². The van der Waals surface area contributed by atoms with E-state index < -0.39 is 0 Å². The summed E-state index contributed by atoms with van der Waals surface area (Å²) in [7, 11) is 0. The normalized spacial score (nSPS) is 18.6. The Morgan fingerprint density at radius 1 is 1.42 bits per heavy atom. The van der Waals surface area contributed by atoms with Gasteiger partial charge in [-0.2, -0.15) is 0 Å². The van der Waals surface area contributed by atoms with Crippen molar-refractivity contribution in [1.29, 1.82) is 0 Å². The van der Waals surface area contributed by atoms with Gasteiger partial charge in [-0.25, -0.2) is 0 Å². The van der Waals surface area contributed by atoms with Crippen LogP contribution in [0.25, 0.3) is 0 Å². The molecule has 0 aromatic heterocycles. The lowest BCUT2D eigenvalue weighted by atomic mass is 9.98. The number of carbonyl (C=O) groups is 2. The molecule has 1 aliphatic rings.